The highest BCUT2D eigenvalue weighted by atomic mass is 79.9. The third-order valence-electron chi connectivity index (χ3n) is 2.71. The molecule has 0 aromatic heterocycles. The molecule has 0 aliphatic heterocycles. The Balaban J connectivity index is 2.09. The summed E-state index contributed by atoms with van der Waals surface area (Å²) in [5.41, 5.74) is 2.09. The summed E-state index contributed by atoms with van der Waals surface area (Å²) < 4.78 is 27.6. The average Bonchev–Trinajstić information content (AvgIpc) is 2.39. The van der Waals surface area contributed by atoms with Crippen molar-refractivity contribution in [3.63, 3.8) is 0 Å². The second-order valence-corrected chi connectivity index (χ2v) is 6.95. The van der Waals surface area contributed by atoms with Crippen molar-refractivity contribution in [3.8, 4) is 0 Å². The molecule has 0 aliphatic rings. The van der Waals surface area contributed by atoms with Crippen LogP contribution >= 0.6 is 15.9 Å². The van der Waals surface area contributed by atoms with E-state index in [2.05, 4.69) is 20.7 Å². The van der Waals surface area contributed by atoms with E-state index in [0.717, 1.165) is 15.6 Å². The molecule has 2 rings (SSSR count). The van der Waals surface area contributed by atoms with Gasteiger partial charge in [0.25, 0.3) is 0 Å². The molecule has 0 atom stereocenters. The molecule has 19 heavy (non-hydrogen) atoms. The van der Waals surface area contributed by atoms with E-state index in [1.165, 1.54) is 0 Å². The van der Waals surface area contributed by atoms with Crippen molar-refractivity contribution >= 4 is 26.0 Å². The molecular weight excluding hydrogens is 326 g/mol. The van der Waals surface area contributed by atoms with Crippen LogP contribution in [0.1, 0.15) is 11.1 Å². The summed E-state index contributed by atoms with van der Waals surface area (Å²) in [6, 6.07) is 14.3. The summed E-state index contributed by atoms with van der Waals surface area (Å²) in [7, 11) is -3.46. The highest BCUT2D eigenvalue weighted by Gasteiger charge is 2.12. The zero-order valence-electron chi connectivity index (χ0n) is 10.4. The summed E-state index contributed by atoms with van der Waals surface area (Å²) in [6.45, 7) is 2.29. The SMILES string of the molecule is Cc1ccc(CNS(=O)(=O)c2ccc(Br)cc2)cc1. The molecule has 0 saturated heterocycles. The maximum atomic E-state index is 12.1. The van der Waals surface area contributed by atoms with Crippen molar-refractivity contribution in [2.24, 2.45) is 0 Å². The van der Waals surface area contributed by atoms with E-state index in [1.807, 2.05) is 31.2 Å². The van der Waals surface area contributed by atoms with Gasteiger partial charge in [0, 0.05) is 11.0 Å². The number of halogens is 1. The molecule has 0 fully saturated rings. The molecule has 2 aromatic carbocycles. The molecular formula is C14H14BrNO2S. The fourth-order valence-electron chi connectivity index (χ4n) is 1.58. The van der Waals surface area contributed by atoms with Crippen LogP contribution in [-0.2, 0) is 16.6 Å². The molecule has 0 amide bonds. The van der Waals surface area contributed by atoms with E-state index in [0.29, 0.717) is 6.54 Å². The van der Waals surface area contributed by atoms with Gasteiger partial charge in [0.2, 0.25) is 10.0 Å². The summed E-state index contributed by atoms with van der Waals surface area (Å²) in [6.07, 6.45) is 0. The van der Waals surface area contributed by atoms with Crippen molar-refractivity contribution in [1.82, 2.24) is 4.72 Å². The van der Waals surface area contributed by atoms with Crippen molar-refractivity contribution < 1.29 is 8.42 Å². The molecule has 0 bridgehead atoms. The molecule has 0 spiro atoms. The largest absolute Gasteiger partial charge is 0.240 e. The number of hydrogen-bond donors (Lipinski definition) is 1. The first-order valence-electron chi connectivity index (χ1n) is 5.78. The van der Waals surface area contributed by atoms with Gasteiger partial charge in [-0.25, -0.2) is 13.1 Å². The highest BCUT2D eigenvalue weighted by molar-refractivity contribution is 9.10. The summed E-state index contributed by atoms with van der Waals surface area (Å²) >= 11 is 3.28. The van der Waals surface area contributed by atoms with Gasteiger partial charge in [-0.1, -0.05) is 45.8 Å². The van der Waals surface area contributed by atoms with E-state index in [4.69, 9.17) is 0 Å². The number of nitrogens with one attached hydrogen (secondary N) is 1. The van der Waals surface area contributed by atoms with Gasteiger partial charge in [-0.2, -0.15) is 0 Å². The van der Waals surface area contributed by atoms with Gasteiger partial charge in [-0.05, 0) is 36.8 Å². The van der Waals surface area contributed by atoms with E-state index in [9.17, 15) is 8.42 Å². The zero-order valence-corrected chi connectivity index (χ0v) is 12.8. The maximum Gasteiger partial charge on any atom is 0.240 e. The van der Waals surface area contributed by atoms with E-state index >= 15 is 0 Å². The van der Waals surface area contributed by atoms with Gasteiger partial charge >= 0.3 is 0 Å². The minimum Gasteiger partial charge on any atom is -0.207 e. The highest BCUT2D eigenvalue weighted by Crippen LogP contribution is 2.15. The van der Waals surface area contributed by atoms with Crippen molar-refractivity contribution in [1.29, 1.82) is 0 Å². The monoisotopic (exact) mass is 339 g/mol. The van der Waals surface area contributed by atoms with Gasteiger partial charge in [-0.15, -0.1) is 0 Å². The second-order valence-electron chi connectivity index (χ2n) is 4.26. The van der Waals surface area contributed by atoms with Crippen LogP contribution in [0.25, 0.3) is 0 Å². The molecule has 3 nitrogen and oxygen atoms in total. The Morgan fingerprint density at radius 1 is 1.00 bits per heavy atom. The summed E-state index contributed by atoms with van der Waals surface area (Å²) in [5, 5.41) is 0. The lowest BCUT2D eigenvalue weighted by molar-refractivity contribution is 0.581. The normalized spacial score (nSPS) is 11.5. The Kier molecular flexibility index (Phi) is 4.39. The Hall–Kier alpha value is -1.17. The lowest BCUT2D eigenvalue weighted by Gasteiger charge is -2.07. The molecule has 0 aliphatic carbocycles. The molecule has 2 aromatic rings. The Morgan fingerprint density at radius 3 is 2.16 bits per heavy atom. The number of rotatable bonds is 4. The van der Waals surface area contributed by atoms with Gasteiger partial charge in [0.15, 0.2) is 0 Å². The third-order valence-corrected chi connectivity index (χ3v) is 4.66. The van der Waals surface area contributed by atoms with Crippen LogP contribution in [0, 0.1) is 6.92 Å². The van der Waals surface area contributed by atoms with Gasteiger partial charge in [0.1, 0.15) is 0 Å². The van der Waals surface area contributed by atoms with Crippen molar-refractivity contribution in [3.05, 3.63) is 64.1 Å². The van der Waals surface area contributed by atoms with Gasteiger partial charge in [-0.3, -0.25) is 0 Å². The first-order chi connectivity index (χ1) is 8.97. The maximum absolute atomic E-state index is 12.1. The Labute approximate surface area is 121 Å². The van der Waals surface area contributed by atoms with E-state index in [1.54, 1.807) is 24.3 Å². The quantitative estimate of drug-likeness (QED) is 0.929. The minimum atomic E-state index is -3.46. The smallest absolute Gasteiger partial charge is 0.207 e. The fourth-order valence-corrected chi connectivity index (χ4v) is 2.86. The molecule has 0 saturated carbocycles. The van der Waals surface area contributed by atoms with Crippen molar-refractivity contribution in [2.75, 3.05) is 0 Å². The predicted molar refractivity (Wildman–Crippen MR) is 79.3 cm³/mol. The molecule has 100 valence electrons. The van der Waals surface area contributed by atoms with E-state index < -0.39 is 10.0 Å². The van der Waals surface area contributed by atoms with Gasteiger partial charge in [0.05, 0.1) is 4.90 Å². The topological polar surface area (TPSA) is 46.2 Å². The number of aryl methyl sites for hydroxylation is 1. The fraction of sp³-hybridized carbons (Fsp3) is 0.143. The van der Waals surface area contributed by atoms with Crippen LogP contribution in [0.5, 0.6) is 0 Å². The number of benzene rings is 2. The standard InChI is InChI=1S/C14H14BrNO2S/c1-11-2-4-12(5-3-11)10-16-19(17,18)14-8-6-13(15)7-9-14/h2-9,16H,10H2,1H3. The van der Waals surface area contributed by atoms with Crippen molar-refractivity contribution in [2.45, 2.75) is 18.4 Å². The molecule has 1 N–H and O–H groups in total. The summed E-state index contributed by atoms with van der Waals surface area (Å²) in [4.78, 5) is 0.266. The summed E-state index contributed by atoms with van der Waals surface area (Å²) in [5.74, 6) is 0. The number of sulfonamides is 1. The number of hydrogen-bond acceptors (Lipinski definition) is 2. The van der Waals surface area contributed by atoms with Crippen LogP contribution < -0.4 is 4.72 Å². The Morgan fingerprint density at radius 2 is 1.58 bits per heavy atom. The van der Waals surface area contributed by atoms with Gasteiger partial charge < -0.3 is 0 Å². The predicted octanol–water partition coefficient (Wildman–Crippen LogP) is 3.24. The molecule has 0 unspecified atom stereocenters. The van der Waals surface area contributed by atoms with E-state index in [-0.39, 0.29) is 4.90 Å². The average molecular weight is 340 g/mol. The first kappa shape index (κ1) is 14.2. The van der Waals surface area contributed by atoms with Crippen LogP contribution in [0.15, 0.2) is 57.9 Å². The van der Waals surface area contributed by atoms with Crippen LogP contribution in [-0.4, -0.2) is 8.42 Å². The van der Waals surface area contributed by atoms with Crippen LogP contribution in [0.4, 0.5) is 0 Å². The Bertz CT molecular complexity index is 649. The lowest BCUT2D eigenvalue weighted by Crippen LogP contribution is -2.23. The second kappa shape index (κ2) is 5.86. The zero-order chi connectivity index (χ0) is 13.9. The molecule has 0 radical (unpaired) electrons. The van der Waals surface area contributed by atoms with Crippen LogP contribution in [0.2, 0.25) is 0 Å². The first-order valence-corrected chi connectivity index (χ1v) is 8.06. The third kappa shape index (κ3) is 3.89. The molecule has 0 heterocycles. The molecule has 5 heteroatoms. The lowest BCUT2D eigenvalue weighted by atomic mass is 10.2. The minimum absolute atomic E-state index is 0.266. The van der Waals surface area contributed by atoms with Crippen LogP contribution in [0.3, 0.4) is 0 Å².